The molecule has 1 N–H and O–H groups in total. The summed E-state index contributed by atoms with van der Waals surface area (Å²) < 4.78 is 5.01. The minimum atomic E-state index is -0.0208. The molecule has 0 radical (unpaired) electrons. The van der Waals surface area contributed by atoms with Crippen molar-refractivity contribution in [1.29, 1.82) is 0 Å². The predicted molar refractivity (Wildman–Crippen MR) is 84.8 cm³/mol. The molecule has 122 valence electrons. The van der Waals surface area contributed by atoms with Gasteiger partial charge in [-0.3, -0.25) is 15.0 Å². The lowest BCUT2D eigenvalue weighted by molar-refractivity contribution is -0.117. The van der Waals surface area contributed by atoms with Gasteiger partial charge in [-0.25, -0.2) is 0 Å². The normalized spacial score (nSPS) is 21.9. The van der Waals surface area contributed by atoms with Crippen molar-refractivity contribution in [3.8, 4) is 0 Å². The van der Waals surface area contributed by atoms with Gasteiger partial charge in [-0.05, 0) is 45.7 Å². The molecular formula is C16H26N4O2. The van der Waals surface area contributed by atoms with Crippen LogP contribution in [0.5, 0.6) is 0 Å². The van der Waals surface area contributed by atoms with Crippen molar-refractivity contribution >= 4 is 11.8 Å². The average molecular weight is 306 g/mol. The van der Waals surface area contributed by atoms with Crippen LogP contribution in [0.25, 0.3) is 0 Å². The van der Waals surface area contributed by atoms with Gasteiger partial charge in [0.05, 0.1) is 12.2 Å². The Morgan fingerprint density at radius 2 is 2.00 bits per heavy atom. The second kappa shape index (κ2) is 7.24. The van der Waals surface area contributed by atoms with Crippen LogP contribution in [0.4, 0.5) is 5.88 Å². The van der Waals surface area contributed by atoms with Gasteiger partial charge in [-0.1, -0.05) is 11.6 Å². The van der Waals surface area contributed by atoms with E-state index in [1.807, 2.05) is 6.92 Å². The number of anilines is 1. The fourth-order valence-electron chi connectivity index (χ4n) is 3.53. The van der Waals surface area contributed by atoms with Gasteiger partial charge >= 0.3 is 0 Å². The van der Waals surface area contributed by atoms with Crippen LogP contribution in [0, 0.1) is 6.92 Å². The Morgan fingerprint density at radius 1 is 1.27 bits per heavy atom. The first kappa shape index (κ1) is 15.5. The Bertz CT molecular complexity index is 488. The van der Waals surface area contributed by atoms with Gasteiger partial charge in [-0.15, -0.1) is 0 Å². The summed E-state index contributed by atoms with van der Waals surface area (Å²) in [4.78, 5) is 16.9. The highest BCUT2D eigenvalue weighted by molar-refractivity contribution is 5.90. The van der Waals surface area contributed by atoms with E-state index in [9.17, 15) is 4.79 Å². The summed E-state index contributed by atoms with van der Waals surface area (Å²) in [6, 6.07) is 2.46. The Labute approximate surface area is 131 Å². The van der Waals surface area contributed by atoms with E-state index < -0.39 is 0 Å². The molecule has 2 saturated heterocycles. The standard InChI is InChI=1S/C16H26N4O2/c1-13-11-16(22-18-13)17-15(21)12-19-9-5-14(6-10-19)20-7-3-2-4-8-20/h11,14H,2-10,12H2,1H3,(H,17,21). The fourth-order valence-corrected chi connectivity index (χ4v) is 3.53. The monoisotopic (exact) mass is 306 g/mol. The molecule has 0 atom stereocenters. The largest absolute Gasteiger partial charge is 0.338 e. The maximum Gasteiger partial charge on any atom is 0.240 e. The number of nitrogens with zero attached hydrogens (tertiary/aromatic N) is 3. The highest BCUT2D eigenvalue weighted by Gasteiger charge is 2.26. The molecule has 22 heavy (non-hydrogen) atoms. The van der Waals surface area contributed by atoms with Gasteiger partial charge in [0.2, 0.25) is 11.8 Å². The summed E-state index contributed by atoms with van der Waals surface area (Å²) in [5, 5.41) is 6.53. The Kier molecular flexibility index (Phi) is 5.10. The quantitative estimate of drug-likeness (QED) is 0.920. The molecule has 2 aliphatic heterocycles. The molecule has 0 unspecified atom stereocenters. The smallest absolute Gasteiger partial charge is 0.240 e. The molecule has 6 heteroatoms. The zero-order valence-corrected chi connectivity index (χ0v) is 13.4. The average Bonchev–Trinajstić information content (AvgIpc) is 2.94. The topological polar surface area (TPSA) is 61.6 Å². The van der Waals surface area contributed by atoms with Crippen molar-refractivity contribution in [3.05, 3.63) is 11.8 Å². The number of amides is 1. The summed E-state index contributed by atoms with van der Waals surface area (Å²) >= 11 is 0. The third-order valence-electron chi connectivity index (χ3n) is 4.72. The van der Waals surface area contributed by atoms with Gasteiger partial charge in [0.15, 0.2) is 0 Å². The minimum Gasteiger partial charge on any atom is -0.338 e. The molecule has 6 nitrogen and oxygen atoms in total. The number of likely N-dealkylation sites (tertiary alicyclic amines) is 2. The molecule has 0 aliphatic carbocycles. The molecule has 3 rings (SSSR count). The second-order valence-electron chi connectivity index (χ2n) is 6.48. The van der Waals surface area contributed by atoms with E-state index >= 15 is 0 Å². The Hall–Kier alpha value is -1.40. The molecule has 0 bridgehead atoms. The Balaban J connectivity index is 1.40. The number of piperidine rings is 2. The molecule has 0 spiro atoms. The van der Waals surface area contributed by atoms with E-state index in [0.29, 0.717) is 12.4 Å². The summed E-state index contributed by atoms with van der Waals surface area (Å²) in [7, 11) is 0. The van der Waals surface area contributed by atoms with Crippen molar-refractivity contribution in [1.82, 2.24) is 15.0 Å². The van der Waals surface area contributed by atoms with Crippen LogP contribution >= 0.6 is 0 Å². The van der Waals surface area contributed by atoms with Crippen molar-refractivity contribution in [3.63, 3.8) is 0 Å². The summed E-state index contributed by atoms with van der Waals surface area (Å²) in [6.07, 6.45) is 6.43. The van der Waals surface area contributed by atoms with Gasteiger partial charge < -0.3 is 9.42 Å². The zero-order chi connectivity index (χ0) is 15.4. The van der Waals surface area contributed by atoms with E-state index in [1.54, 1.807) is 6.07 Å². The first-order valence-corrected chi connectivity index (χ1v) is 8.40. The van der Waals surface area contributed by atoms with E-state index in [4.69, 9.17) is 4.52 Å². The number of hydrogen-bond donors (Lipinski definition) is 1. The van der Waals surface area contributed by atoms with Crippen LogP contribution in [-0.2, 0) is 4.79 Å². The van der Waals surface area contributed by atoms with E-state index in [1.165, 1.54) is 45.2 Å². The van der Waals surface area contributed by atoms with Crippen LogP contribution in [-0.4, -0.2) is 59.6 Å². The lowest BCUT2D eigenvalue weighted by Gasteiger charge is -2.40. The van der Waals surface area contributed by atoms with Crippen molar-refractivity contribution in [2.75, 3.05) is 38.0 Å². The number of nitrogens with one attached hydrogen (secondary N) is 1. The van der Waals surface area contributed by atoms with Gasteiger partial charge in [-0.2, -0.15) is 0 Å². The fraction of sp³-hybridized carbons (Fsp3) is 0.750. The number of aryl methyl sites for hydroxylation is 1. The number of carbonyl (C=O) groups excluding carboxylic acids is 1. The van der Waals surface area contributed by atoms with Gasteiger partial charge in [0.25, 0.3) is 0 Å². The third-order valence-corrected chi connectivity index (χ3v) is 4.72. The molecule has 3 heterocycles. The SMILES string of the molecule is Cc1cc(NC(=O)CN2CCC(N3CCCCC3)CC2)on1. The first-order valence-electron chi connectivity index (χ1n) is 8.40. The molecule has 1 aromatic heterocycles. The molecule has 2 fully saturated rings. The van der Waals surface area contributed by atoms with Crippen molar-refractivity contribution in [2.24, 2.45) is 0 Å². The number of rotatable bonds is 4. The highest BCUT2D eigenvalue weighted by Crippen LogP contribution is 2.20. The summed E-state index contributed by atoms with van der Waals surface area (Å²) in [6.45, 7) is 6.80. The summed E-state index contributed by atoms with van der Waals surface area (Å²) in [5.74, 6) is 0.415. The number of hydrogen-bond acceptors (Lipinski definition) is 5. The van der Waals surface area contributed by atoms with Crippen LogP contribution in [0.1, 0.15) is 37.8 Å². The van der Waals surface area contributed by atoms with Crippen LogP contribution < -0.4 is 5.32 Å². The lowest BCUT2D eigenvalue weighted by atomic mass is 10.00. The lowest BCUT2D eigenvalue weighted by Crippen LogP contribution is -2.48. The summed E-state index contributed by atoms with van der Waals surface area (Å²) in [5.41, 5.74) is 0.776. The van der Waals surface area contributed by atoms with Crippen LogP contribution in [0.2, 0.25) is 0 Å². The third kappa shape index (κ3) is 4.08. The number of carbonyl (C=O) groups is 1. The molecule has 0 saturated carbocycles. The predicted octanol–water partition coefficient (Wildman–Crippen LogP) is 1.87. The number of aromatic nitrogens is 1. The van der Waals surface area contributed by atoms with Gasteiger partial charge in [0, 0.05) is 25.2 Å². The highest BCUT2D eigenvalue weighted by atomic mass is 16.5. The van der Waals surface area contributed by atoms with Crippen LogP contribution in [0.15, 0.2) is 10.6 Å². The molecular weight excluding hydrogens is 280 g/mol. The van der Waals surface area contributed by atoms with Crippen molar-refractivity contribution < 1.29 is 9.32 Å². The van der Waals surface area contributed by atoms with Gasteiger partial charge in [0.1, 0.15) is 0 Å². The zero-order valence-electron chi connectivity index (χ0n) is 13.4. The minimum absolute atomic E-state index is 0.0208. The van der Waals surface area contributed by atoms with E-state index in [2.05, 4.69) is 20.3 Å². The molecule has 2 aliphatic rings. The second-order valence-corrected chi connectivity index (χ2v) is 6.48. The molecule has 1 amide bonds. The molecule has 1 aromatic rings. The van der Waals surface area contributed by atoms with E-state index in [0.717, 1.165) is 24.8 Å². The van der Waals surface area contributed by atoms with E-state index in [-0.39, 0.29) is 5.91 Å². The maximum absolute atomic E-state index is 12.0. The maximum atomic E-state index is 12.0. The first-order chi connectivity index (χ1) is 10.7. The molecule has 0 aromatic carbocycles. The Morgan fingerprint density at radius 3 is 2.64 bits per heavy atom. The van der Waals surface area contributed by atoms with Crippen LogP contribution in [0.3, 0.4) is 0 Å². The van der Waals surface area contributed by atoms with Crippen molar-refractivity contribution in [2.45, 2.75) is 45.1 Å².